The number of hydrogen-bond acceptors (Lipinski definition) is 7. The minimum Gasteiger partial charge on any atom is -0.339 e. The van der Waals surface area contributed by atoms with Crippen molar-refractivity contribution in [2.75, 3.05) is 18.4 Å². The Labute approximate surface area is 179 Å². The number of aromatic nitrogens is 2. The van der Waals surface area contributed by atoms with Gasteiger partial charge in [0.15, 0.2) is 0 Å². The zero-order chi connectivity index (χ0) is 21.0. The van der Waals surface area contributed by atoms with E-state index in [1.807, 2.05) is 17.5 Å². The third-order valence-electron chi connectivity index (χ3n) is 4.87. The lowest BCUT2D eigenvalue weighted by molar-refractivity contribution is -0.116. The molecule has 0 saturated carbocycles. The third kappa shape index (κ3) is 4.77. The van der Waals surface area contributed by atoms with Gasteiger partial charge in [-0.15, -0.1) is 11.3 Å². The normalized spacial score (nSPS) is 15.2. The van der Waals surface area contributed by atoms with Crippen LogP contribution in [0.15, 0.2) is 51.2 Å². The molecule has 1 aliphatic rings. The number of sulfonamides is 1. The fourth-order valence-electron chi connectivity index (χ4n) is 3.27. The van der Waals surface area contributed by atoms with Crippen molar-refractivity contribution in [1.82, 2.24) is 14.4 Å². The number of carbonyl (C=O) groups excluding carboxylic acids is 1. The Kier molecular flexibility index (Phi) is 6.26. The quantitative estimate of drug-likeness (QED) is 0.595. The molecule has 0 radical (unpaired) electrons. The summed E-state index contributed by atoms with van der Waals surface area (Å²) in [5, 5.41) is 8.63. The van der Waals surface area contributed by atoms with Gasteiger partial charge in [-0.3, -0.25) is 4.79 Å². The van der Waals surface area contributed by atoms with Crippen LogP contribution in [0.5, 0.6) is 0 Å². The van der Waals surface area contributed by atoms with Crippen molar-refractivity contribution in [2.24, 2.45) is 0 Å². The van der Waals surface area contributed by atoms with E-state index < -0.39 is 10.0 Å². The Balaban J connectivity index is 1.31. The Morgan fingerprint density at radius 1 is 1.13 bits per heavy atom. The summed E-state index contributed by atoms with van der Waals surface area (Å²) in [5.41, 5.74) is 0.544. The molecule has 1 aliphatic heterocycles. The predicted molar refractivity (Wildman–Crippen MR) is 114 cm³/mol. The lowest BCUT2D eigenvalue weighted by Gasteiger charge is -2.25. The maximum Gasteiger partial charge on any atom is 0.243 e. The highest BCUT2D eigenvalue weighted by Crippen LogP contribution is 2.23. The first-order valence-corrected chi connectivity index (χ1v) is 12.1. The Hall–Kier alpha value is -2.56. The first-order valence-electron chi connectivity index (χ1n) is 9.79. The molecular weight excluding hydrogens is 424 g/mol. The van der Waals surface area contributed by atoms with Crippen molar-refractivity contribution in [3.05, 3.63) is 47.7 Å². The van der Waals surface area contributed by atoms with Gasteiger partial charge in [0.1, 0.15) is 0 Å². The summed E-state index contributed by atoms with van der Waals surface area (Å²) < 4.78 is 32.1. The Bertz CT molecular complexity index is 1090. The SMILES string of the molecule is O=C(CCc1nc(-c2cccs2)no1)Nc1ccc(S(=O)(=O)N2CCCCC2)cc1. The van der Waals surface area contributed by atoms with Crippen molar-refractivity contribution in [3.8, 4) is 10.7 Å². The molecule has 1 fully saturated rings. The fourth-order valence-corrected chi connectivity index (χ4v) is 5.44. The summed E-state index contributed by atoms with van der Waals surface area (Å²) in [6.07, 6.45) is 3.35. The van der Waals surface area contributed by atoms with Gasteiger partial charge in [-0.05, 0) is 48.6 Å². The Morgan fingerprint density at radius 2 is 1.90 bits per heavy atom. The Morgan fingerprint density at radius 3 is 2.60 bits per heavy atom. The number of nitrogens with one attached hydrogen (secondary N) is 1. The highest BCUT2D eigenvalue weighted by atomic mass is 32.2. The molecule has 158 valence electrons. The van der Waals surface area contributed by atoms with Gasteiger partial charge in [0.25, 0.3) is 0 Å². The molecule has 4 rings (SSSR count). The molecule has 8 nitrogen and oxygen atoms in total. The van der Waals surface area contributed by atoms with Gasteiger partial charge in [0.2, 0.25) is 27.6 Å². The zero-order valence-corrected chi connectivity index (χ0v) is 17.9. The van der Waals surface area contributed by atoms with Crippen LogP contribution in [0.4, 0.5) is 5.69 Å². The molecule has 30 heavy (non-hydrogen) atoms. The van der Waals surface area contributed by atoms with Crippen LogP contribution in [0.3, 0.4) is 0 Å². The second-order valence-corrected chi connectivity index (χ2v) is 9.91. The van der Waals surface area contributed by atoms with E-state index in [1.54, 1.807) is 12.1 Å². The lowest BCUT2D eigenvalue weighted by Crippen LogP contribution is -2.35. The van der Waals surface area contributed by atoms with E-state index in [4.69, 9.17) is 4.52 Å². The van der Waals surface area contributed by atoms with E-state index >= 15 is 0 Å². The number of rotatable bonds is 7. The van der Waals surface area contributed by atoms with E-state index in [-0.39, 0.29) is 17.2 Å². The lowest BCUT2D eigenvalue weighted by atomic mass is 10.2. The second kappa shape index (κ2) is 9.07. The monoisotopic (exact) mass is 446 g/mol. The molecule has 1 aromatic carbocycles. The number of hydrogen-bond donors (Lipinski definition) is 1. The number of aryl methyl sites for hydroxylation is 1. The van der Waals surface area contributed by atoms with Crippen LogP contribution in [0.25, 0.3) is 10.7 Å². The standard InChI is InChI=1S/C20H22N4O4S2/c25-18(10-11-19-22-20(23-28-19)17-5-4-14-29-17)21-15-6-8-16(9-7-15)30(26,27)24-12-2-1-3-13-24/h4-9,14H,1-3,10-13H2,(H,21,25). The van der Waals surface area contributed by atoms with Crippen LogP contribution in [-0.2, 0) is 21.2 Å². The van der Waals surface area contributed by atoms with Gasteiger partial charge in [-0.1, -0.05) is 17.6 Å². The average molecular weight is 447 g/mol. The smallest absolute Gasteiger partial charge is 0.243 e. The van der Waals surface area contributed by atoms with Gasteiger partial charge < -0.3 is 9.84 Å². The van der Waals surface area contributed by atoms with E-state index in [0.717, 1.165) is 24.1 Å². The van der Waals surface area contributed by atoms with Crippen LogP contribution in [0.2, 0.25) is 0 Å². The summed E-state index contributed by atoms with van der Waals surface area (Å²) in [4.78, 5) is 17.7. The number of amides is 1. The number of nitrogens with zero attached hydrogens (tertiary/aromatic N) is 3. The summed E-state index contributed by atoms with van der Waals surface area (Å²) >= 11 is 1.52. The average Bonchev–Trinajstić information content (AvgIpc) is 3.45. The summed E-state index contributed by atoms with van der Waals surface area (Å²) in [5.74, 6) is 0.708. The molecule has 3 aromatic rings. The molecule has 0 bridgehead atoms. The highest BCUT2D eigenvalue weighted by molar-refractivity contribution is 7.89. The summed E-state index contributed by atoms with van der Waals surface area (Å²) in [6, 6.07) is 10.1. The van der Waals surface area contributed by atoms with Crippen molar-refractivity contribution < 1.29 is 17.7 Å². The predicted octanol–water partition coefficient (Wildman–Crippen LogP) is 3.54. The van der Waals surface area contributed by atoms with Gasteiger partial charge >= 0.3 is 0 Å². The fraction of sp³-hybridized carbons (Fsp3) is 0.350. The topological polar surface area (TPSA) is 105 Å². The number of anilines is 1. The summed E-state index contributed by atoms with van der Waals surface area (Å²) in [7, 11) is -3.48. The van der Waals surface area contributed by atoms with Gasteiger partial charge in [-0.2, -0.15) is 9.29 Å². The first kappa shape index (κ1) is 20.7. The molecule has 1 saturated heterocycles. The van der Waals surface area contributed by atoms with Crippen LogP contribution >= 0.6 is 11.3 Å². The molecule has 1 amide bonds. The third-order valence-corrected chi connectivity index (χ3v) is 7.65. The van der Waals surface area contributed by atoms with Crippen molar-refractivity contribution in [2.45, 2.75) is 37.0 Å². The molecule has 0 atom stereocenters. The molecule has 3 heterocycles. The number of carbonyl (C=O) groups is 1. The van der Waals surface area contributed by atoms with Crippen molar-refractivity contribution >= 4 is 33.0 Å². The molecule has 0 aliphatic carbocycles. The minimum atomic E-state index is -3.48. The zero-order valence-electron chi connectivity index (χ0n) is 16.3. The van der Waals surface area contributed by atoms with E-state index in [1.165, 1.54) is 27.8 Å². The van der Waals surface area contributed by atoms with Crippen molar-refractivity contribution in [3.63, 3.8) is 0 Å². The molecule has 0 spiro atoms. The molecule has 1 N–H and O–H groups in total. The van der Waals surface area contributed by atoms with Gasteiger partial charge in [-0.25, -0.2) is 8.42 Å². The van der Waals surface area contributed by atoms with Crippen LogP contribution in [0.1, 0.15) is 31.6 Å². The van der Waals surface area contributed by atoms with Crippen LogP contribution in [0, 0.1) is 0 Å². The second-order valence-electron chi connectivity index (χ2n) is 7.03. The van der Waals surface area contributed by atoms with Crippen LogP contribution in [-0.4, -0.2) is 41.9 Å². The number of benzene rings is 1. The number of piperidine rings is 1. The van der Waals surface area contributed by atoms with Crippen molar-refractivity contribution in [1.29, 1.82) is 0 Å². The van der Waals surface area contributed by atoms with Crippen LogP contribution < -0.4 is 5.32 Å². The van der Waals surface area contributed by atoms with E-state index in [0.29, 0.717) is 36.9 Å². The molecule has 10 heteroatoms. The maximum absolute atomic E-state index is 12.7. The molecule has 2 aromatic heterocycles. The first-order chi connectivity index (χ1) is 14.5. The maximum atomic E-state index is 12.7. The molecule has 0 unspecified atom stereocenters. The highest BCUT2D eigenvalue weighted by Gasteiger charge is 2.25. The van der Waals surface area contributed by atoms with E-state index in [9.17, 15) is 13.2 Å². The minimum absolute atomic E-state index is 0.180. The number of thiophene rings is 1. The van der Waals surface area contributed by atoms with Gasteiger partial charge in [0, 0.05) is 31.6 Å². The summed E-state index contributed by atoms with van der Waals surface area (Å²) in [6.45, 7) is 1.12. The largest absolute Gasteiger partial charge is 0.339 e. The van der Waals surface area contributed by atoms with Gasteiger partial charge in [0.05, 0.1) is 9.77 Å². The van der Waals surface area contributed by atoms with E-state index in [2.05, 4.69) is 15.5 Å². The molecular formula is C20H22N4O4S2.